The first kappa shape index (κ1) is 22.3. The standard InChI is InChI=1S/C18H18ClF3N2O3S/c19-10-28(27)9-14-6-5-13(8-23-14)11-1-3-12(4-2-11)16(25)15(7-20)24-18(26)17(21)22/h1-6,8,15-17,25H,7,9-10H2,(H,24,26)/t15-,16+,28?/m1/s1. The number of benzene rings is 1. The summed E-state index contributed by atoms with van der Waals surface area (Å²) in [5.41, 5.74) is 2.41. The Kier molecular flexibility index (Phi) is 8.40. The van der Waals surface area contributed by atoms with E-state index in [1.165, 1.54) is 12.1 Å². The predicted octanol–water partition coefficient (Wildman–Crippen LogP) is 2.95. The monoisotopic (exact) mass is 434 g/mol. The summed E-state index contributed by atoms with van der Waals surface area (Å²) >= 11 is 5.51. The second-order valence-corrected chi connectivity index (χ2v) is 7.91. The number of alkyl halides is 4. The molecule has 1 aromatic heterocycles. The van der Waals surface area contributed by atoms with E-state index in [0.717, 1.165) is 11.1 Å². The molecule has 0 radical (unpaired) electrons. The van der Waals surface area contributed by atoms with Crippen molar-refractivity contribution < 1.29 is 27.3 Å². The summed E-state index contributed by atoms with van der Waals surface area (Å²) in [5.74, 6) is -1.39. The van der Waals surface area contributed by atoms with Crippen LogP contribution in [0.25, 0.3) is 11.1 Å². The molecular formula is C18H18ClF3N2O3S. The summed E-state index contributed by atoms with van der Waals surface area (Å²) in [6.07, 6.45) is -3.17. The molecule has 0 bridgehead atoms. The fourth-order valence-corrected chi connectivity index (χ4v) is 3.25. The Morgan fingerprint density at radius 2 is 1.82 bits per heavy atom. The normalized spacial score (nSPS) is 14.5. The number of pyridine rings is 1. The van der Waals surface area contributed by atoms with Gasteiger partial charge in [-0.3, -0.25) is 14.0 Å². The van der Waals surface area contributed by atoms with Gasteiger partial charge in [0.15, 0.2) is 0 Å². The maximum absolute atomic E-state index is 13.1. The van der Waals surface area contributed by atoms with Crippen LogP contribution in [0.15, 0.2) is 42.6 Å². The summed E-state index contributed by atoms with van der Waals surface area (Å²) < 4.78 is 49.1. The second kappa shape index (κ2) is 10.5. The minimum Gasteiger partial charge on any atom is -0.386 e. The van der Waals surface area contributed by atoms with Crippen LogP contribution in [0, 0.1) is 0 Å². The molecule has 0 spiro atoms. The van der Waals surface area contributed by atoms with Crippen molar-refractivity contribution in [1.82, 2.24) is 10.3 Å². The van der Waals surface area contributed by atoms with Gasteiger partial charge < -0.3 is 10.4 Å². The van der Waals surface area contributed by atoms with E-state index in [2.05, 4.69) is 4.98 Å². The molecule has 152 valence electrons. The molecular weight excluding hydrogens is 417 g/mol. The second-order valence-electron chi connectivity index (χ2n) is 5.87. The first-order chi connectivity index (χ1) is 13.3. The van der Waals surface area contributed by atoms with Gasteiger partial charge >= 0.3 is 6.43 Å². The van der Waals surface area contributed by atoms with Gasteiger partial charge in [-0.05, 0) is 17.2 Å². The molecule has 1 amide bonds. The Balaban J connectivity index is 2.09. The van der Waals surface area contributed by atoms with E-state index in [1.54, 1.807) is 35.8 Å². The van der Waals surface area contributed by atoms with Crippen molar-refractivity contribution in [1.29, 1.82) is 0 Å². The van der Waals surface area contributed by atoms with Crippen LogP contribution in [0.3, 0.4) is 0 Å². The Bertz CT molecular complexity index is 807. The van der Waals surface area contributed by atoms with Crippen molar-refractivity contribution in [2.45, 2.75) is 24.3 Å². The molecule has 1 unspecified atom stereocenters. The average molecular weight is 435 g/mol. The van der Waals surface area contributed by atoms with Crippen LogP contribution in [-0.2, 0) is 21.3 Å². The first-order valence-corrected chi connectivity index (χ1v) is 10.2. The molecule has 2 rings (SSSR count). The van der Waals surface area contributed by atoms with Crippen molar-refractivity contribution in [2.75, 3.05) is 11.9 Å². The molecule has 0 aliphatic heterocycles. The molecule has 10 heteroatoms. The lowest BCUT2D eigenvalue weighted by atomic mass is 9.99. The maximum Gasteiger partial charge on any atom is 0.315 e. The lowest BCUT2D eigenvalue weighted by Crippen LogP contribution is -2.43. The Labute approximate surface area is 167 Å². The van der Waals surface area contributed by atoms with Gasteiger partial charge in [0.1, 0.15) is 12.8 Å². The number of halogens is 4. The molecule has 2 N–H and O–H groups in total. The summed E-state index contributed by atoms with van der Waals surface area (Å²) in [7, 11) is -1.18. The third-order valence-electron chi connectivity index (χ3n) is 3.91. The van der Waals surface area contributed by atoms with Gasteiger partial charge in [-0.1, -0.05) is 30.3 Å². The SMILES string of the molecule is O=C(N[C@H](CF)[C@@H](O)c1ccc(-c2ccc(CS(=O)CCl)nc2)cc1)C(F)F. The molecule has 2 aromatic rings. The van der Waals surface area contributed by atoms with Gasteiger partial charge in [0.2, 0.25) is 0 Å². The smallest absolute Gasteiger partial charge is 0.315 e. The maximum atomic E-state index is 13.1. The van der Waals surface area contributed by atoms with Gasteiger partial charge in [-0.2, -0.15) is 8.78 Å². The molecule has 0 fully saturated rings. The zero-order chi connectivity index (χ0) is 20.7. The number of nitrogens with zero attached hydrogens (tertiary/aromatic N) is 1. The van der Waals surface area contributed by atoms with Crippen molar-refractivity contribution >= 4 is 28.3 Å². The molecule has 0 saturated carbocycles. The van der Waals surface area contributed by atoms with Crippen LogP contribution in [-0.4, -0.2) is 44.6 Å². The fraction of sp³-hybridized carbons (Fsp3) is 0.333. The van der Waals surface area contributed by atoms with Gasteiger partial charge in [-0.15, -0.1) is 11.6 Å². The summed E-state index contributed by atoms with van der Waals surface area (Å²) in [6.45, 7) is -1.20. The van der Waals surface area contributed by atoms with Crippen LogP contribution < -0.4 is 5.32 Å². The van der Waals surface area contributed by atoms with E-state index in [-0.39, 0.29) is 16.5 Å². The van der Waals surface area contributed by atoms with Gasteiger partial charge in [0.25, 0.3) is 5.91 Å². The number of hydrogen-bond donors (Lipinski definition) is 2. The third kappa shape index (κ3) is 6.02. The largest absolute Gasteiger partial charge is 0.386 e. The molecule has 28 heavy (non-hydrogen) atoms. The molecule has 1 aromatic carbocycles. The number of rotatable bonds is 9. The van der Waals surface area contributed by atoms with Gasteiger partial charge in [-0.25, -0.2) is 4.39 Å². The van der Waals surface area contributed by atoms with E-state index in [0.29, 0.717) is 5.69 Å². The van der Waals surface area contributed by atoms with Crippen LogP contribution in [0.1, 0.15) is 17.4 Å². The lowest BCUT2D eigenvalue weighted by molar-refractivity contribution is -0.133. The summed E-state index contributed by atoms with van der Waals surface area (Å²) in [4.78, 5) is 15.3. The van der Waals surface area contributed by atoms with Crippen molar-refractivity contribution in [3.05, 3.63) is 53.9 Å². The molecule has 1 heterocycles. The predicted molar refractivity (Wildman–Crippen MR) is 101 cm³/mol. The van der Waals surface area contributed by atoms with E-state index < -0.39 is 42.0 Å². The molecule has 5 nitrogen and oxygen atoms in total. The van der Waals surface area contributed by atoms with Crippen molar-refractivity contribution in [3.63, 3.8) is 0 Å². The number of nitrogens with one attached hydrogen (secondary N) is 1. The minimum absolute atomic E-state index is 0.0326. The highest BCUT2D eigenvalue weighted by Crippen LogP contribution is 2.24. The van der Waals surface area contributed by atoms with Crippen LogP contribution >= 0.6 is 11.6 Å². The number of aliphatic hydroxyl groups is 1. The number of amides is 1. The summed E-state index contributed by atoms with van der Waals surface area (Å²) in [5, 5.41) is 12.0. The van der Waals surface area contributed by atoms with Crippen LogP contribution in [0.4, 0.5) is 13.2 Å². The zero-order valence-corrected chi connectivity index (χ0v) is 16.1. The Hall–Kier alpha value is -1.97. The third-order valence-corrected chi connectivity index (χ3v) is 5.51. The summed E-state index contributed by atoms with van der Waals surface area (Å²) in [6, 6.07) is 8.35. The fourth-order valence-electron chi connectivity index (χ4n) is 2.44. The number of hydrogen-bond acceptors (Lipinski definition) is 4. The van der Waals surface area contributed by atoms with Crippen molar-refractivity contribution in [2.24, 2.45) is 0 Å². The van der Waals surface area contributed by atoms with E-state index in [1.807, 2.05) is 0 Å². The van der Waals surface area contributed by atoms with Gasteiger partial charge in [0, 0.05) is 22.6 Å². The van der Waals surface area contributed by atoms with Crippen LogP contribution in [0.2, 0.25) is 0 Å². The highest BCUT2D eigenvalue weighted by Gasteiger charge is 2.26. The van der Waals surface area contributed by atoms with E-state index in [9.17, 15) is 27.3 Å². The quantitative estimate of drug-likeness (QED) is 0.595. The highest BCUT2D eigenvalue weighted by atomic mass is 35.5. The molecule has 0 aliphatic rings. The number of aliphatic hydroxyl groups excluding tert-OH is 1. The molecule has 0 saturated heterocycles. The number of carbonyl (C=O) groups excluding carboxylic acids is 1. The minimum atomic E-state index is -3.29. The van der Waals surface area contributed by atoms with Gasteiger partial charge in [0.05, 0.1) is 22.7 Å². The first-order valence-electron chi connectivity index (χ1n) is 8.14. The zero-order valence-electron chi connectivity index (χ0n) is 14.5. The Morgan fingerprint density at radius 1 is 1.18 bits per heavy atom. The van der Waals surface area contributed by atoms with E-state index in [4.69, 9.17) is 11.6 Å². The van der Waals surface area contributed by atoms with Crippen molar-refractivity contribution in [3.8, 4) is 11.1 Å². The van der Waals surface area contributed by atoms with Crippen LogP contribution in [0.5, 0.6) is 0 Å². The lowest BCUT2D eigenvalue weighted by Gasteiger charge is -2.22. The topological polar surface area (TPSA) is 79.3 Å². The average Bonchev–Trinajstić information content (AvgIpc) is 2.71. The highest BCUT2D eigenvalue weighted by molar-refractivity contribution is 7.85. The Morgan fingerprint density at radius 3 is 2.32 bits per heavy atom. The van der Waals surface area contributed by atoms with E-state index >= 15 is 0 Å². The number of aromatic nitrogens is 1. The molecule has 0 aliphatic carbocycles. The number of carbonyl (C=O) groups is 1. The molecule has 3 atom stereocenters.